The lowest BCUT2D eigenvalue weighted by Crippen LogP contribution is -2.48. The summed E-state index contributed by atoms with van der Waals surface area (Å²) in [5.41, 5.74) is 0.348. The van der Waals surface area contributed by atoms with Crippen LogP contribution in [-0.2, 0) is 9.59 Å². The minimum absolute atomic E-state index is 0.0315. The number of thioether (sulfide) groups is 1. The fourth-order valence-electron chi connectivity index (χ4n) is 4.26. The van der Waals surface area contributed by atoms with Crippen LogP contribution in [0.15, 0.2) is 35.0 Å². The minimum Gasteiger partial charge on any atom is -0.477 e. The Kier molecular flexibility index (Phi) is 9.26. The van der Waals surface area contributed by atoms with E-state index in [-0.39, 0.29) is 27.4 Å². The van der Waals surface area contributed by atoms with Crippen LogP contribution in [0.25, 0.3) is 0 Å². The average Bonchev–Trinajstić information content (AvgIpc) is 3.23. The molecule has 7 nitrogen and oxygen atoms in total. The largest absolute Gasteiger partial charge is 0.477 e. The van der Waals surface area contributed by atoms with Gasteiger partial charge in [-0.15, -0.1) is 0 Å². The summed E-state index contributed by atoms with van der Waals surface area (Å²) < 4.78 is 5.75. The van der Waals surface area contributed by atoms with Crippen molar-refractivity contribution in [2.45, 2.75) is 65.0 Å². The molecule has 0 aromatic carbocycles. The Morgan fingerprint density at radius 3 is 2.54 bits per heavy atom. The topological polar surface area (TPSA) is 83.0 Å². The Morgan fingerprint density at radius 2 is 1.94 bits per heavy atom. The molecule has 1 amide bonds. The molecule has 1 aromatic heterocycles. The molecular formula is C27H37N3O4S. The highest BCUT2D eigenvalue weighted by Gasteiger charge is 2.39. The molecule has 0 radical (unpaired) electrons. The van der Waals surface area contributed by atoms with Crippen molar-refractivity contribution in [2.24, 2.45) is 17.3 Å². The summed E-state index contributed by atoms with van der Waals surface area (Å²) in [5, 5.41) is 13.2. The first-order valence-electron chi connectivity index (χ1n) is 12.3. The summed E-state index contributed by atoms with van der Waals surface area (Å²) in [4.78, 5) is 30.4. The van der Waals surface area contributed by atoms with Gasteiger partial charge < -0.3 is 9.84 Å². The van der Waals surface area contributed by atoms with Crippen LogP contribution in [0.3, 0.4) is 0 Å². The number of aliphatic carboxylic acids is 1. The van der Waals surface area contributed by atoms with Gasteiger partial charge >= 0.3 is 5.97 Å². The molecule has 1 saturated carbocycles. The lowest BCUT2D eigenvalue weighted by molar-refractivity contribution is -0.149. The monoisotopic (exact) mass is 499 g/mol. The molecule has 190 valence electrons. The number of nitrogens with zero attached hydrogens (tertiary/aromatic N) is 3. The van der Waals surface area contributed by atoms with E-state index in [0.29, 0.717) is 37.1 Å². The van der Waals surface area contributed by atoms with E-state index in [1.165, 1.54) is 11.8 Å². The molecular weight excluding hydrogens is 462 g/mol. The molecule has 1 atom stereocenters. The van der Waals surface area contributed by atoms with Gasteiger partial charge in [-0.05, 0) is 58.4 Å². The lowest BCUT2D eigenvalue weighted by Gasteiger charge is -2.37. The molecule has 8 heteroatoms. The van der Waals surface area contributed by atoms with Crippen LogP contribution < -0.4 is 4.74 Å². The average molecular weight is 500 g/mol. The van der Waals surface area contributed by atoms with Crippen molar-refractivity contribution in [2.75, 3.05) is 20.2 Å². The number of allylic oxidation sites excluding steroid dienone is 1. The van der Waals surface area contributed by atoms with Crippen molar-refractivity contribution in [1.82, 2.24) is 15.0 Å². The molecule has 0 saturated heterocycles. The van der Waals surface area contributed by atoms with Crippen molar-refractivity contribution in [1.29, 1.82) is 0 Å². The number of hydrogen-bond donors (Lipinski definition) is 1. The molecule has 1 N–H and O–H groups in total. The van der Waals surface area contributed by atoms with Crippen LogP contribution in [0.1, 0.15) is 59.8 Å². The van der Waals surface area contributed by atoms with Gasteiger partial charge in [0.2, 0.25) is 11.8 Å². The Morgan fingerprint density at radius 1 is 1.23 bits per heavy atom. The maximum atomic E-state index is 13.8. The Balaban J connectivity index is 1.83. The smallest absolute Gasteiger partial charge is 0.344 e. The van der Waals surface area contributed by atoms with Crippen molar-refractivity contribution >= 4 is 23.6 Å². The zero-order chi connectivity index (χ0) is 25.6. The van der Waals surface area contributed by atoms with Gasteiger partial charge in [-0.3, -0.25) is 4.79 Å². The van der Waals surface area contributed by atoms with Crippen LogP contribution in [0.4, 0.5) is 0 Å². The quantitative estimate of drug-likeness (QED) is 0.406. The second-order valence-electron chi connectivity index (χ2n) is 10.4. The van der Waals surface area contributed by atoms with Crippen molar-refractivity contribution in [3.63, 3.8) is 0 Å². The van der Waals surface area contributed by atoms with Crippen molar-refractivity contribution in [3.05, 3.63) is 35.0 Å². The number of carbonyl (C=O) groups excluding carboxylic acids is 1. The van der Waals surface area contributed by atoms with Crippen LogP contribution in [0, 0.1) is 29.1 Å². The second kappa shape index (κ2) is 12.0. The number of pyridine rings is 1. The zero-order valence-electron chi connectivity index (χ0n) is 21.4. The maximum absolute atomic E-state index is 13.8. The van der Waals surface area contributed by atoms with Crippen molar-refractivity contribution < 1.29 is 19.4 Å². The van der Waals surface area contributed by atoms with Crippen LogP contribution >= 0.6 is 11.8 Å². The van der Waals surface area contributed by atoms with Gasteiger partial charge in [0.05, 0.1) is 17.5 Å². The summed E-state index contributed by atoms with van der Waals surface area (Å²) in [6.07, 6.45) is 5.74. The van der Waals surface area contributed by atoms with E-state index in [2.05, 4.69) is 23.7 Å². The first kappa shape index (κ1) is 27.1. The highest BCUT2D eigenvalue weighted by Crippen LogP contribution is 2.41. The van der Waals surface area contributed by atoms with Gasteiger partial charge in [-0.1, -0.05) is 36.6 Å². The van der Waals surface area contributed by atoms with E-state index >= 15 is 0 Å². The third kappa shape index (κ3) is 7.74. The summed E-state index contributed by atoms with van der Waals surface area (Å²) in [5.74, 6) is 6.43. The molecule has 35 heavy (non-hydrogen) atoms. The Hall–Kier alpha value is -2.50. The first-order chi connectivity index (χ1) is 16.5. The predicted molar refractivity (Wildman–Crippen MR) is 138 cm³/mol. The Bertz CT molecular complexity index is 985. The van der Waals surface area contributed by atoms with E-state index in [9.17, 15) is 14.7 Å². The lowest BCUT2D eigenvalue weighted by atomic mass is 9.82. The van der Waals surface area contributed by atoms with Crippen LogP contribution in [-0.4, -0.2) is 57.4 Å². The van der Waals surface area contributed by atoms with E-state index in [1.807, 2.05) is 40.0 Å². The van der Waals surface area contributed by atoms with Crippen LogP contribution in [0.2, 0.25) is 0 Å². The zero-order valence-corrected chi connectivity index (χ0v) is 22.2. The van der Waals surface area contributed by atoms with Crippen LogP contribution in [0.5, 0.6) is 5.88 Å². The van der Waals surface area contributed by atoms with Gasteiger partial charge in [0.25, 0.3) is 0 Å². The number of amides is 1. The van der Waals surface area contributed by atoms with E-state index in [1.54, 1.807) is 22.3 Å². The summed E-state index contributed by atoms with van der Waals surface area (Å²) >= 11 is 1.24. The summed E-state index contributed by atoms with van der Waals surface area (Å²) in [6.45, 7) is 9.03. The fourth-order valence-corrected chi connectivity index (χ4v) is 5.31. The number of likely N-dealkylation sites (N-methyl/N-ethyl adjacent to an activating group) is 1. The number of hydrogen-bond acceptors (Lipinski definition) is 6. The highest BCUT2D eigenvalue weighted by atomic mass is 32.2. The third-order valence-corrected chi connectivity index (χ3v) is 7.39. The van der Waals surface area contributed by atoms with Gasteiger partial charge in [0, 0.05) is 37.1 Å². The number of rotatable bonds is 8. The molecule has 0 spiro atoms. The van der Waals surface area contributed by atoms with Gasteiger partial charge in [0.1, 0.15) is 11.5 Å². The second-order valence-corrected chi connectivity index (χ2v) is 11.6. The minimum atomic E-state index is -1.02. The SMILES string of the molecule is CC1CCC(C(=O)N(C2=C(C(=O)O)SC(C#CC(C)(C)C)C2)N(C)CCOc2ccccn2)CC1. The standard InChI is InChI=1S/C27H37N3O4S/c1-19-9-11-20(12-10-19)25(31)30(29(5)16-17-34-23-8-6-7-15-28-23)22-18-21(13-14-27(2,3)4)35-24(22)26(32)33/h6-8,15,19-21H,9-12,16-18H2,1-5H3,(H,32,33). The number of carboxylic acids is 1. The normalized spacial score (nSPS) is 22.5. The highest BCUT2D eigenvalue weighted by molar-refractivity contribution is 8.05. The molecule has 1 aliphatic heterocycles. The first-order valence-corrected chi connectivity index (χ1v) is 13.2. The molecule has 1 aromatic rings. The molecule has 0 bridgehead atoms. The van der Waals surface area contributed by atoms with Gasteiger partial charge in [-0.25, -0.2) is 19.8 Å². The summed E-state index contributed by atoms with van der Waals surface area (Å²) in [6, 6.07) is 5.45. The maximum Gasteiger partial charge on any atom is 0.344 e. The Labute approximate surface area is 213 Å². The number of aromatic nitrogens is 1. The number of carbonyl (C=O) groups is 2. The molecule has 2 aliphatic rings. The molecule has 1 unspecified atom stereocenters. The predicted octanol–water partition coefficient (Wildman–Crippen LogP) is 4.81. The summed E-state index contributed by atoms with van der Waals surface area (Å²) in [7, 11) is 1.82. The molecule has 3 rings (SSSR count). The van der Waals surface area contributed by atoms with Gasteiger partial charge in [0.15, 0.2) is 0 Å². The van der Waals surface area contributed by atoms with Crippen molar-refractivity contribution in [3.8, 4) is 17.7 Å². The van der Waals surface area contributed by atoms with Gasteiger partial charge in [-0.2, -0.15) is 0 Å². The third-order valence-electron chi connectivity index (χ3n) is 6.18. The molecule has 1 aliphatic carbocycles. The van der Waals surface area contributed by atoms with E-state index in [4.69, 9.17) is 4.74 Å². The van der Waals surface area contributed by atoms with E-state index in [0.717, 1.165) is 25.7 Å². The van der Waals surface area contributed by atoms with E-state index < -0.39 is 5.97 Å². The fraction of sp³-hybridized carbons (Fsp3) is 0.593. The molecule has 2 heterocycles. The molecule has 1 fully saturated rings. The number of ether oxygens (including phenoxy) is 1. The number of carboxylic acid groups (broad SMARTS) is 1. The number of hydrazine groups is 1.